The van der Waals surface area contributed by atoms with Crippen LogP contribution in [-0.4, -0.2) is 58.9 Å². The van der Waals surface area contributed by atoms with E-state index in [0.29, 0.717) is 60.2 Å². The van der Waals surface area contributed by atoms with Crippen LogP contribution in [0.4, 0.5) is 0 Å². The monoisotopic (exact) mass is 824 g/mol. The number of hydrogen-bond donors (Lipinski definition) is 1. The third-order valence-corrected chi connectivity index (χ3v) is 11.1. The first kappa shape index (κ1) is 41.0. The first-order valence-corrected chi connectivity index (χ1v) is 20.1. The second kappa shape index (κ2) is 18.6. The first-order valence-electron chi connectivity index (χ1n) is 19.3. The van der Waals surface area contributed by atoms with E-state index in [9.17, 15) is 24.3 Å². The number of rotatable bonds is 10. The summed E-state index contributed by atoms with van der Waals surface area (Å²) in [5.41, 5.74) is 10.0. The van der Waals surface area contributed by atoms with Gasteiger partial charge in [0.05, 0.1) is 18.2 Å². The molecule has 0 saturated carbocycles. The SMILES string of the molecule is COC(=O)c1cc(Cl)ccc1Cc1ccc2c(c1)CCN(Cc1ccccc1)C2=O.O=C(O)c1cc(Cl)ccc1Cc1ccc2c(c1)CCN(Cc1ccccc1)C2=O. The lowest BCUT2D eigenvalue weighted by molar-refractivity contribution is 0.0598. The van der Waals surface area contributed by atoms with Gasteiger partial charge < -0.3 is 19.6 Å². The van der Waals surface area contributed by atoms with Crippen molar-refractivity contribution in [2.75, 3.05) is 20.2 Å². The van der Waals surface area contributed by atoms with Gasteiger partial charge in [-0.25, -0.2) is 9.59 Å². The lowest BCUT2D eigenvalue weighted by atomic mass is 9.93. The van der Waals surface area contributed by atoms with Crippen molar-refractivity contribution < 1.29 is 29.0 Å². The molecule has 6 aromatic rings. The molecule has 0 saturated heterocycles. The van der Waals surface area contributed by atoms with Gasteiger partial charge in [-0.15, -0.1) is 0 Å². The molecule has 8 nitrogen and oxygen atoms in total. The number of hydrogen-bond acceptors (Lipinski definition) is 5. The Bertz CT molecular complexity index is 2520. The zero-order chi connectivity index (χ0) is 41.5. The molecule has 1 N–H and O–H groups in total. The number of carbonyl (C=O) groups excluding carboxylic acids is 3. The predicted octanol–water partition coefficient (Wildman–Crippen LogP) is 9.74. The average Bonchev–Trinajstić information content (AvgIpc) is 3.25. The van der Waals surface area contributed by atoms with E-state index in [-0.39, 0.29) is 17.4 Å². The Hall–Kier alpha value is -6.22. The Kier molecular flexibility index (Phi) is 12.9. The van der Waals surface area contributed by atoms with E-state index in [0.717, 1.165) is 62.9 Å². The van der Waals surface area contributed by atoms with Gasteiger partial charge in [0.1, 0.15) is 0 Å². The normalized spacial score (nSPS) is 13.2. The highest BCUT2D eigenvalue weighted by atomic mass is 35.5. The number of fused-ring (bicyclic) bond motifs is 2. The Labute approximate surface area is 353 Å². The molecule has 0 aromatic heterocycles. The van der Waals surface area contributed by atoms with Gasteiger partial charge in [0.25, 0.3) is 11.8 Å². The van der Waals surface area contributed by atoms with E-state index in [1.807, 2.05) is 107 Å². The number of amides is 2. The maximum Gasteiger partial charge on any atom is 0.338 e. The third-order valence-electron chi connectivity index (χ3n) is 10.7. The van der Waals surface area contributed by atoms with Crippen LogP contribution >= 0.6 is 23.2 Å². The fraction of sp³-hybridized carbons (Fsp3) is 0.184. The summed E-state index contributed by atoms with van der Waals surface area (Å²) in [7, 11) is 1.36. The minimum atomic E-state index is -0.993. The van der Waals surface area contributed by atoms with Crippen molar-refractivity contribution in [3.63, 3.8) is 0 Å². The highest BCUT2D eigenvalue weighted by Gasteiger charge is 2.26. The van der Waals surface area contributed by atoms with E-state index in [2.05, 4.69) is 6.07 Å². The third kappa shape index (κ3) is 9.91. The van der Waals surface area contributed by atoms with Gasteiger partial charge in [0, 0.05) is 47.4 Å². The molecule has 0 radical (unpaired) electrons. The fourth-order valence-corrected chi connectivity index (χ4v) is 8.00. The smallest absolute Gasteiger partial charge is 0.338 e. The van der Waals surface area contributed by atoms with Crippen molar-refractivity contribution in [1.29, 1.82) is 0 Å². The molecular formula is C49H42Cl2N2O6. The van der Waals surface area contributed by atoms with Crippen molar-refractivity contribution in [2.24, 2.45) is 0 Å². The molecule has 2 aliphatic heterocycles. The number of nitrogens with zero attached hydrogens (tertiary/aromatic N) is 2. The molecule has 10 heteroatoms. The van der Waals surface area contributed by atoms with Crippen LogP contribution < -0.4 is 0 Å². The number of methoxy groups -OCH3 is 1. The predicted molar refractivity (Wildman–Crippen MR) is 229 cm³/mol. The number of esters is 1. The molecular weight excluding hydrogens is 783 g/mol. The van der Waals surface area contributed by atoms with Crippen molar-refractivity contribution in [3.8, 4) is 0 Å². The van der Waals surface area contributed by atoms with Crippen LogP contribution in [0.5, 0.6) is 0 Å². The van der Waals surface area contributed by atoms with Gasteiger partial charge in [0.15, 0.2) is 0 Å². The summed E-state index contributed by atoms with van der Waals surface area (Å²) < 4.78 is 4.89. The molecule has 0 unspecified atom stereocenters. The molecule has 0 atom stereocenters. The molecule has 0 spiro atoms. The van der Waals surface area contributed by atoms with Gasteiger partial charge in [0.2, 0.25) is 0 Å². The summed E-state index contributed by atoms with van der Waals surface area (Å²) in [6.07, 6.45) is 2.64. The number of benzene rings is 6. The highest BCUT2D eigenvalue weighted by Crippen LogP contribution is 2.27. The van der Waals surface area contributed by atoms with Gasteiger partial charge in [-0.3, -0.25) is 9.59 Å². The van der Waals surface area contributed by atoms with Crippen molar-refractivity contribution in [3.05, 3.63) is 210 Å². The van der Waals surface area contributed by atoms with Crippen molar-refractivity contribution in [2.45, 2.75) is 38.8 Å². The minimum Gasteiger partial charge on any atom is -0.478 e. The van der Waals surface area contributed by atoms with Gasteiger partial charge in [-0.2, -0.15) is 0 Å². The molecule has 0 bridgehead atoms. The summed E-state index contributed by atoms with van der Waals surface area (Å²) in [5, 5.41) is 10.3. The fourth-order valence-electron chi connectivity index (χ4n) is 7.65. The summed E-state index contributed by atoms with van der Waals surface area (Å²) in [4.78, 5) is 53.3. The summed E-state index contributed by atoms with van der Waals surface area (Å²) in [5.74, 6) is -1.29. The maximum atomic E-state index is 13.0. The standard InChI is InChI=1S/C25H22ClNO3.C24H20ClNO3/c1-30-25(29)23-15-21(26)9-8-19(23)13-18-7-10-22-20(14-18)11-12-27(24(22)28)16-17-5-3-2-4-6-17;25-20-8-7-18(22(14-20)24(28)29)12-17-6-9-21-19(13-17)10-11-26(23(21)27)15-16-4-2-1-3-5-16/h2-10,14-15H,11-13,16H2,1H3;1-9,13-14H,10-12,15H2,(H,28,29). The molecule has 2 aliphatic rings. The lowest BCUT2D eigenvalue weighted by Crippen LogP contribution is -2.37. The highest BCUT2D eigenvalue weighted by molar-refractivity contribution is 6.31. The van der Waals surface area contributed by atoms with Crippen LogP contribution in [0.3, 0.4) is 0 Å². The van der Waals surface area contributed by atoms with Crippen LogP contribution in [0.2, 0.25) is 10.0 Å². The second-order valence-corrected chi connectivity index (χ2v) is 15.5. The summed E-state index contributed by atoms with van der Waals surface area (Å²) >= 11 is 12.0. The topological polar surface area (TPSA) is 104 Å². The number of carboxylic acid groups (broad SMARTS) is 1. The largest absolute Gasteiger partial charge is 0.478 e. The lowest BCUT2D eigenvalue weighted by Gasteiger charge is -2.29. The molecule has 2 amide bonds. The number of aromatic carboxylic acids is 1. The number of halogens is 2. The zero-order valence-electron chi connectivity index (χ0n) is 32.5. The number of ether oxygens (including phenoxy) is 1. The molecule has 0 fully saturated rings. The molecule has 298 valence electrons. The number of carbonyl (C=O) groups is 4. The van der Waals surface area contributed by atoms with Crippen LogP contribution in [-0.2, 0) is 43.5 Å². The minimum absolute atomic E-state index is 0.0411. The van der Waals surface area contributed by atoms with Gasteiger partial charge in [-0.1, -0.05) is 120 Å². The summed E-state index contributed by atoms with van der Waals surface area (Å²) in [6, 6.07) is 41.9. The van der Waals surface area contributed by atoms with Crippen LogP contribution in [0.1, 0.15) is 85.9 Å². The Morgan fingerprint density at radius 1 is 0.576 bits per heavy atom. The van der Waals surface area contributed by atoms with Crippen molar-refractivity contribution >= 4 is 47.0 Å². The van der Waals surface area contributed by atoms with Crippen molar-refractivity contribution in [1.82, 2.24) is 9.80 Å². The molecule has 8 rings (SSSR count). The van der Waals surface area contributed by atoms with Crippen LogP contribution in [0, 0.1) is 0 Å². The summed E-state index contributed by atoms with van der Waals surface area (Å²) in [6.45, 7) is 2.59. The molecule has 0 aliphatic carbocycles. The van der Waals surface area contributed by atoms with Crippen LogP contribution in [0.25, 0.3) is 0 Å². The van der Waals surface area contributed by atoms with Gasteiger partial charge in [-0.05, 0) is 107 Å². The van der Waals surface area contributed by atoms with Gasteiger partial charge >= 0.3 is 11.9 Å². The Morgan fingerprint density at radius 3 is 1.46 bits per heavy atom. The zero-order valence-corrected chi connectivity index (χ0v) is 34.0. The molecule has 2 heterocycles. The van der Waals surface area contributed by atoms with E-state index in [1.165, 1.54) is 13.2 Å². The quantitative estimate of drug-likeness (QED) is 0.138. The average molecular weight is 826 g/mol. The van der Waals surface area contributed by atoms with Crippen LogP contribution in [0.15, 0.2) is 133 Å². The number of carboxylic acids is 1. The Morgan fingerprint density at radius 2 is 1.02 bits per heavy atom. The maximum absolute atomic E-state index is 13.0. The van der Waals surface area contributed by atoms with E-state index in [1.54, 1.807) is 24.3 Å². The van der Waals surface area contributed by atoms with E-state index in [4.69, 9.17) is 27.9 Å². The molecule has 59 heavy (non-hydrogen) atoms. The second-order valence-electron chi connectivity index (χ2n) is 14.7. The molecule has 6 aromatic carbocycles. The van der Waals surface area contributed by atoms with E-state index >= 15 is 0 Å². The Balaban J connectivity index is 0.000000179. The van der Waals surface area contributed by atoms with E-state index < -0.39 is 11.9 Å². The first-order chi connectivity index (χ1) is 28.6.